The molecule has 5 heteroatoms. The SMILES string of the molecule is CCCCCOC(=O)c1ccccc1Sc1cccc(C#N)c1C#N. The van der Waals surface area contributed by atoms with Crippen molar-refractivity contribution < 1.29 is 9.53 Å². The van der Waals surface area contributed by atoms with Gasteiger partial charge in [0.2, 0.25) is 0 Å². The van der Waals surface area contributed by atoms with E-state index in [0.29, 0.717) is 33.1 Å². The molecule has 0 saturated carbocycles. The van der Waals surface area contributed by atoms with Crippen molar-refractivity contribution in [3.8, 4) is 12.1 Å². The molecule has 0 spiro atoms. The monoisotopic (exact) mass is 350 g/mol. The molecule has 0 saturated heterocycles. The zero-order valence-corrected chi connectivity index (χ0v) is 14.8. The highest BCUT2D eigenvalue weighted by Gasteiger charge is 2.16. The Morgan fingerprint density at radius 2 is 1.80 bits per heavy atom. The Bertz CT molecular complexity index is 834. The molecule has 0 aliphatic carbocycles. The van der Waals surface area contributed by atoms with Gasteiger partial charge in [0.25, 0.3) is 0 Å². The highest BCUT2D eigenvalue weighted by molar-refractivity contribution is 7.99. The summed E-state index contributed by atoms with van der Waals surface area (Å²) in [5, 5.41) is 18.5. The zero-order valence-electron chi connectivity index (χ0n) is 14.0. The minimum Gasteiger partial charge on any atom is -0.462 e. The Hall–Kier alpha value is -2.76. The number of rotatable bonds is 7. The van der Waals surface area contributed by atoms with Crippen LogP contribution < -0.4 is 0 Å². The number of benzene rings is 2. The first kappa shape index (κ1) is 18.6. The second kappa shape index (κ2) is 9.52. The van der Waals surface area contributed by atoms with Gasteiger partial charge < -0.3 is 4.74 Å². The molecule has 0 heterocycles. The highest BCUT2D eigenvalue weighted by atomic mass is 32.2. The van der Waals surface area contributed by atoms with Crippen molar-refractivity contribution in [2.24, 2.45) is 0 Å². The van der Waals surface area contributed by atoms with Gasteiger partial charge in [-0.15, -0.1) is 0 Å². The van der Waals surface area contributed by atoms with E-state index in [4.69, 9.17) is 10.00 Å². The molecule has 4 nitrogen and oxygen atoms in total. The van der Waals surface area contributed by atoms with Crippen LogP contribution in [-0.2, 0) is 4.74 Å². The van der Waals surface area contributed by atoms with E-state index in [0.717, 1.165) is 19.3 Å². The van der Waals surface area contributed by atoms with Gasteiger partial charge >= 0.3 is 5.97 Å². The van der Waals surface area contributed by atoms with Crippen LogP contribution in [0.3, 0.4) is 0 Å². The molecular formula is C20H18N2O2S. The van der Waals surface area contributed by atoms with E-state index < -0.39 is 0 Å². The number of unbranched alkanes of at least 4 members (excludes halogenated alkanes) is 2. The Kier molecular flexibility index (Phi) is 7.07. The minimum atomic E-state index is -0.367. The van der Waals surface area contributed by atoms with Gasteiger partial charge in [-0.2, -0.15) is 10.5 Å². The lowest BCUT2D eigenvalue weighted by Crippen LogP contribution is -2.07. The van der Waals surface area contributed by atoms with Crippen LogP contribution in [0.15, 0.2) is 52.3 Å². The van der Waals surface area contributed by atoms with E-state index >= 15 is 0 Å². The highest BCUT2D eigenvalue weighted by Crippen LogP contribution is 2.34. The number of carbonyl (C=O) groups is 1. The number of carbonyl (C=O) groups excluding carboxylic acids is 1. The minimum absolute atomic E-state index is 0.320. The first-order valence-corrected chi connectivity index (χ1v) is 8.90. The van der Waals surface area contributed by atoms with Gasteiger partial charge in [0.15, 0.2) is 0 Å². The summed E-state index contributed by atoms with van der Waals surface area (Å²) in [6.07, 6.45) is 2.94. The number of nitrogens with zero attached hydrogens (tertiary/aromatic N) is 2. The van der Waals surface area contributed by atoms with E-state index in [1.165, 1.54) is 11.8 Å². The Morgan fingerprint density at radius 1 is 1.04 bits per heavy atom. The molecule has 0 amide bonds. The molecule has 0 aromatic heterocycles. The fourth-order valence-corrected chi connectivity index (χ4v) is 3.31. The van der Waals surface area contributed by atoms with Gasteiger partial charge in [-0.1, -0.05) is 49.7 Å². The van der Waals surface area contributed by atoms with E-state index in [1.807, 2.05) is 18.2 Å². The maximum atomic E-state index is 12.3. The maximum absolute atomic E-state index is 12.3. The van der Waals surface area contributed by atoms with Crippen LogP contribution in [0.25, 0.3) is 0 Å². The molecule has 0 N–H and O–H groups in total. The summed E-state index contributed by atoms with van der Waals surface area (Å²) in [6, 6.07) is 16.3. The van der Waals surface area contributed by atoms with Crippen LogP contribution in [0.1, 0.15) is 47.7 Å². The molecule has 0 atom stereocenters. The lowest BCUT2D eigenvalue weighted by molar-refractivity contribution is 0.0494. The van der Waals surface area contributed by atoms with Gasteiger partial charge in [-0.3, -0.25) is 0 Å². The molecule has 126 valence electrons. The van der Waals surface area contributed by atoms with Gasteiger partial charge in [-0.05, 0) is 30.7 Å². The number of hydrogen-bond donors (Lipinski definition) is 0. The molecule has 0 fully saturated rings. The summed E-state index contributed by atoms with van der Waals surface area (Å²) >= 11 is 1.29. The van der Waals surface area contributed by atoms with E-state index in [-0.39, 0.29) is 5.97 Å². The average Bonchev–Trinajstić information content (AvgIpc) is 2.65. The molecule has 0 unspecified atom stereocenters. The smallest absolute Gasteiger partial charge is 0.339 e. The zero-order chi connectivity index (χ0) is 18.1. The van der Waals surface area contributed by atoms with Gasteiger partial charge in [-0.25, -0.2) is 4.79 Å². The fraction of sp³-hybridized carbons (Fsp3) is 0.250. The van der Waals surface area contributed by atoms with Crippen LogP contribution >= 0.6 is 11.8 Å². The third kappa shape index (κ3) is 4.86. The van der Waals surface area contributed by atoms with Crippen molar-refractivity contribution >= 4 is 17.7 Å². The van der Waals surface area contributed by atoms with Gasteiger partial charge in [0.05, 0.1) is 23.3 Å². The quantitative estimate of drug-likeness (QED) is 0.523. The average molecular weight is 350 g/mol. The van der Waals surface area contributed by atoms with Crippen LogP contribution in [0.4, 0.5) is 0 Å². The molecule has 2 aromatic carbocycles. The molecule has 0 aliphatic rings. The van der Waals surface area contributed by atoms with Crippen molar-refractivity contribution in [1.29, 1.82) is 10.5 Å². The van der Waals surface area contributed by atoms with Crippen molar-refractivity contribution in [2.75, 3.05) is 6.61 Å². The van der Waals surface area contributed by atoms with Gasteiger partial charge in [0.1, 0.15) is 12.1 Å². The van der Waals surface area contributed by atoms with Gasteiger partial charge in [0, 0.05) is 9.79 Å². The summed E-state index contributed by atoms with van der Waals surface area (Å²) in [7, 11) is 0. The second-order valence-electron chi connectivity index (χ2n) is 5.34. The first-order chi connectivity index (χ1) is 12.2. The summed E-state index contributed by atoms with van der Waals surface area (Å²) in [4.78, 5) is 13.7. The third-order valence-electron chi connectivity index (χ3n) is 3.57. The standard InChI is InChI=1S/C20H18N2O2S/c1-2-3-6-12-24-20(23)16-9-4-5-10-18(16)25-19-11-7-8-15(13-21)17(19)14-22/h4-5,7-11H,2-3,6,12H2,1H3. The molecule has 2 aromatic rings. The largest absolute Gasteiger partial charge is 0.462 e. The van der Waals surface area contributed by atoms with E-state index in [1.54, 1.807) is 30.3 Å². The summed E-state index contributed by atoms with van der Waals surface area (Å²) in [5.74, 6) is -0.367. The molecule has 0 aliphatic heterocycles. The number of hydrogen-bond acceptors (Lipinski definition) is 5. The molecular weight excluding hydrogens is 332 g/mol. The Morgan fingerprint density at radius 3 is 2.52 bits per heavy atom. The molecule has 0 radical (unpaired) electrons. The first-order valence-electron chi connectivity index (χ1n) is 8.08. The number of nitriles is 2. The van der Waals surface area contributed by atoms with Crippen LogP contribution in [0, 0.1) is 22.7 Å². The number of ether oxygens (including phenoxy) is 1. The Labute approximate surface area is 152 Å². The fourth-order valence-electron chi connectivity index (χ4n) is 2.26. The lowest BCUT2D eigenvalue weighted by atomic mass is 10.1. The number of esters is 1. The molecule has 25 heavy (non-hydrogen) atoms. The third-order valence-corrected chi connectivity index (χ3v) is 4.70. The predicted molar refractivity (Wildman–Crippen MR) is 96.2 cm³/mol. The summed E-state index contributed by atoms with van der Waals surface area (Å²) in [6.45, 7) is 2.49. The van der Waals surface area contributed by atoms with Crippen molar-refractivity contribution in [3.05, 3.63) is 59.2 Å². The second-order valence-corrected chi connectivity index (χ2v) is 6.43. The van der Waals surface area contributed by atoms with Crippen LogP contribution in [0.2, 0.25) is 0 Å². The normalized spacial score (nSPS) is 9.88. The summed E-state index contributed by atoms with van der Waals surface area (Å²) in [5.41, 5.74) is 1.11. The Balaban J connectivity index is 2.24. The van der Waals surface area contributed by atoms with Crippen molar-refractivity contribution in [1.82, 2.24) is 0 Å². The van der Waals surface area contributed by atoms with Crippen molar-refractivity contribution in [3.63, 3.8) is 0 Å². The van der Waals surface area contributed by atoms with Crippen LogP contribution in [0.5, 0.6) is 0 Å². The van der Waals surface area contributed by atoms with Crippen LogP contribution in [-0.4, -0.2) is 12.6 Å². The van der Waals surface area contributed by atoms with Crippen molar-refractivity contribution in [2.45, 2.75) is 36.0 Å². The summed E-state index contributed by atoms with van der Waals surface area (Å²) < 4.78 is 5.34. The predicted octanol–water partition coefficient (Wildman–Crippen LogP) is 4.93. The van der Waals surface area contributed by atoms with E-state index in [9.17, 15) is 10.1 Å². The van der Waals surface area contributed by atoms with E-state index in [2.05, 4.69) is 13.0 Å². The maximum Gasteiger partial charge on any atom is 0.339 e. The molecule has 0 bridgehead atoms. The lowest BCUT2D eigenvalue weighted by Gasteiger charge is -2.10. The topological polar surface area (TPSA) is 73.9 Å². The molecule has 2 rings (SSSR count).